The largest absolute Gasteiger partial charge is 0.416 e. The Labute approximate surface area is 178 Å². The molecule has 0 saturated carbocycles. The van der Waals surface area contributed by atoms with E-state index in [-0.39, 0.29) is 23.6 Å². The number of anilines is 1. The molecule has 0 saturated heterocycles. The molecule has 0 radical (unpaired) electrons. The van der Waals surface area contributed by atoms with Crippen molar-refractivity contribution >= 4 is 44.9 Å². The van der Waals surface area contributed by atoms with E-state index in [9.17, 15) is 22.8 Å². The summed E-state index contributed by atoms with van der Waals surface area (Å²) in [5, 5.41) is 3.19. The minimum Gasteiger partial charge on any atom is -0.326 e. The van der Waals surface area contributed by atoms with Crippen LogP contribution < -0.4 is 10.9 Å². The average Bonchev–Trinajstić information content (AvgIpc) is 3.25. The van der Waals surface area contributed by atoms with E-state index in [1.165, 1.54) is 28.8 Å². The number of aromatic amines is 1. The van der Waals surface area contributed by atoms with Crippen molar-refractivity contribution in [1.82, 2.24) is 9.97 Å². The predicted molar refractivity (Wildman–Crippen MR) is 113 cm³/mol. The first-order chi connectivity index (χ1) is 14.3. The number of benzene rings is 1. The molecule has 0 spiro atoms. The molecule has 0 atom stereocenters. The van der Waals surface area contributed by atoms with E-state index in [2.05, 4.69) is 15.3 Å². The van der Waals surface area contributed by atoms with Crippen LogP contribution in [0.25, 0.3) is 10.2 Å². The highest BCUT2D eigenvalue weighted by molar-refractivity contribution is 7.98. The smallest absolute Gasteiger partial charge is 0.326 e. The SMILES string of the molecule is O=C(CCSCc1nc2sc3c(c2c(=O)[nH]1)CCC3)Nc1cccc(C(F)(F)F)c1. The number of amides is 1. The summed E-state index contributed by atoms with van der Waals surface area (Å²) in [4.78, 5) is 33.8. The molecule has 1 aromatic carbocycles. The number of aryl methyl sites for hydroxylation is 2. The molecule has 30 heavy (non-hydrogen) atoms. The molecule has 0 unspecified atom stereocenters. The van der Waals surface area contributed by atoms with Crippen molar-refractivity contribution in [2.75, 3.05) is 11.1 Å². The van der Waals surface area contributed by atoms with Gasteiger partial charge in [0.25, 0.3) is 5.56 Å². The zero-order valence-corrected chi connectivity index (χ0v) is 17.4. The Balaban J connectivity index is 1.30. The molecule has 1 aliphatic carbocycles. The standard InChI is InChI=1S/C20H18F3N3O2S2/c21-20(22,23)11-3-1-4-12(9-11)24-16(27)7-8-29-10-15-25-18(28)17-13-5-2-6-14(13)30-19(17)26-15/h1,3-4,9H,2,5-8,10H2,(H,24,27)(H,25,26,28). The third-order valence-corrected chi connectivity index (χ3v) is 6.97. The lowest BCUT2D eigenvalue weighted by molar-refractivity contribution is -0.137. The number of fused-ring (bicyclic) bond motifs is 3. The van der Waals surface area contributed by atoms with Gasteiger partial charge in [-0.05, 0) is 43.0 Å². The van der Waals surface area contributed by atoms with Gasteiger partial charge in [-0.15, -0.1) is 11.3 Å². The van der Waals surface area contributed by atoms with Crippen molar-refractivity contribution in [2.45, 2.75) is 37.6 Å². The Morgan fingerprint density at radius 3 is 2.93 bits per heavy atom. The van der Waals surface area contributed by atoms with Gasteiger partial charge in [-0.3, -0.25) is 9.59 Å². The number of thiophene rings is 1. The molecule has 0 bridgehead atoms. The Bertz CT molecular complexity index is 1150. The highest BCUT2D eigenvalue weighted by atomic mass is 32.2. The van der Waals surface area contributed by atoms with Gasteiger partial charge in [-0.25, -0.2) is 4.98 Å². The van der Waals surface area contributed by atoms with Gasteiger partial charge < -0.3 is 10.3 Å². The van der Waals surface area contributed by atoms with Gasteiger partial charge in [-0.1, -0.05) is 6.07 Å². The maximum atomic E-state index is 12.7. The highest BCUT2D eigenvalue weighted by Gasteiger charge is 2.30. The number of rotatable bonds is 6. The number of hydrogen-bond acceptors (Lipinski definition) is 5. The lowest BCUT2D eigenvalue weighted by atomic mass is 10.2. The van der Waals surface area contributed by atoms with E-state index >= 15 is 0 Å². The highest BCUT2D eigenvalue weighted by Crippen LogP contribution is 2.34. The van der Waals surface area contributed by atoms with Crippen LogP contribution in [0.1, 0.15) is 34.7 Å². The topological polar surface area (TPSA) is 74.8 Å². The number of aromatic nitrogens is 2. The Hall–Kier alpha value is -2.33. The van der Waals surface area contributed by atoms with E-state index in [4.69, 9.17) is 0 Å². The number of carbonyl (C=O) groups excluding carboxylic acids is 1. The summed E-state index contributed by atoms with van der Waals surface area (Å²) >= 11 is 3.01. The second-order valence-electron chi connectivity index (χ2n) is 6.98. The minimum atomic E-state index is -4.45. The van der Waals surface area contributed by atoms with Crippen molar-refractivity contribution in [3.8, 4) is 0 Å². The van der Waals surface area contributed by atoms with E-state index < -0.39 is 11.7 Å². The van der Waals surface area contributed by atoms with Gasteiger partial charge in [0.05, 0.1) is 16.7 Å². The van der Waals surface area contributed by atoms with Crippen LogP contribution in [0.5, 0.6) is 0 Å². The molecule has 2 heterocycles. The summed E-state index contributed by atoms with van der Waals surface area (Å²) in [6, 6.07) is 4.54. The summed E-state index contributed by atoms with van der Waals surface area (Å²) in [5.74, 6) is 1.10. The molecule has 0 aliphatic heterocycles. The molecular formula is C20H18F3N3O2S2. The monoisotopic (exact) mass is 453 g/mol. The zero-order chi connectivity index (χ0) is 21.3. The maximum Gasteiger partial charge on any atom is 0.416 e. The van der Waals surface area contributed by atoms with Crippen LogP contribution in [0, 0.1) is 0 Å². The zero-order valence-electron chi connectivity index (χ0n) is 15.8. The molecule has 5 nitrogen and oxygen atoms in total. The summed E-state index contributed by atoms with van der Waals surface area (Å²) < 4.78 is 38.2. The molecular weight excluding hydrogens is 435 g/mol. The first-order valence-electron chi connectivity index (χ1n) is 9.39. The molecule has 10 heteroatoms. The van der Waals surface area contributed by atoms with Crippen molar-refractivity contribution in [3.63, 3.8) is 0 Å². The Kier molecular flexibility index (Phi) is 5.88. The fourth-order valence-electron chi connectivity index (χ4n) is 3.45. The first-order valence-corrected chi connectivity index (χ1v) is 11.4. The Morgan fingerprint density at radius 1 is 1.30 bits per heavy atom. The van der Waals surface area contributed by atoms with Gasteiger partial charge in [-0.2, -0.15) is 24.9 Å². The fraction of sp³-hybridized carbons (Fsp3) is 0.350. The van der Waals surface area contributed by atoms with Crippen molar-refractivity contribution in [1.29, 1.82) is 0 Å². The molecule has 1 amide bonds. The molecule has 1 aliphatic rings. The number of hydrogen-bond donors (Lipinski definition) is 2. The summed E-state index contributed by atoms with van der Waals surface area (Å²) in [6.45, 7) is 0. The van der Waals surface area contributed by atoms with E-state index in [1.54, 1.807) is 11.3 Å². The van der Waals surface area contributed by atoms with E-state index in [0.717, 1.165) is 41.8 Å². The van der Waals surface area contributed by atoms with Gasteiger partial charge >= 0.3 is 6.18 Å². The molecule has 158 valence electrons. The van der Waals surface area contributed by atoms with Crippen molar-refractivity contribution in [3.05, 3.63) is 56.4 Å². The number of thioether (sulfide) groups is 1. The van der Waals surface area contributed by atoms with Crippen molar-refractivity contribution in [2.24, 2.45) is 0 Å². The van der Waals surface area contributed by atoms with Crippen LogP contribution in [0.15, 0.2) is 29.1 Å². The van der Waals surface area contributed by atoms with Crippen LogP contribution in [-0.2, 0) is 29.6 Å². The number of carbonyl (C=O) groups is 1. The minimum absolute atomic E-state index is 0.113. The van der Waals surface area contributed by atoms with Gasteiger partial charge in [0, 0.05) is 22.7 Å². The normalized spacial score (nSPS) is 13.6. The van der Waals surface area contributed by atoms with Crippen LogP contribution in [0.4, 0.5) is 18.9 Å². The first kappa shape index (κ1) is 20.9. The van der Waals surface area contributed by atoms with E-state index in [1.807, 2.05) is 0 Å². The second-order valence-corrected chi connectivity index (χ2v) is 9.17. The number of nitrogens with zero attached hydrogens (tertiary/aromatic N) is 1. The fourth-order valence-corrected chi connectivity index (χ4v) is 5.53. The lowest BCUT2D eigenvalue weighted by Crippen LogP contribution is -2.14. The third kappa shape index (κ3) is 4.54. The predicted octanol–water partition coefficient (Wildman–Crippen LogP) is 4.75. The van der Waals surface area contributed by atoms with Gasteiger partial charge in [0.1, 0.15) is 10.7 Å². The van der Waals surface area contributed by atoms with Crippen LogP contribution in [0.2, 0.25) is 0 Å². The van der Waals surface area contributed by atoms with Crippen LogP contribution in [0.3, 0.4) is 0 Å². The summed E-state index contributed by atoms with van der Waals surface area (Å²) in [7, 11) is 0. The number of alkyl halides is 3. The quantitative estimate of drug-likeness (QED) is 0.528. The summed E-state index contributed by atoms with van der Waals surface area (Å²) in [6.07, 6.45) is -1.31. The van der Waals surface area contributed by atoms with Crippen LogP contribution in [-0.4, -0.2) is 21.6 Å². The molecule has 2 N–H and O–H groups in total. The average molecular weight is 454 g/mol. The molecule has 3 aromatic rings. The van der Waals surface area contributed by atoms with Crippen molar-refractivity contribution < 1.29 is 18.0 Å². The number of halogens is 3. The number of H-pyrrole nitrogens is 1. The maximum absolute atomic E-state index is 12.7. The lowest BCUT2D eigenvalue weighted by Gasteiger charge is -2.09. The number of nitrogens with one attached hydrogen (secondary N) is 2. The third-order valence-electron chi connectivity index (χ3n) is 4.81. The molecule has 2 aromatic heterocycles. The van der Waals surface area contributed by atoms with Crippen LogP contribution >= 0.6 is 23.1 Å². The second kappa shape index (κ2) is 8.43. The van der Waals surface area contributed by atoms with Gasteiger partial charge in [0.15, 0.2) is 0 Å². The van der Waals surface area contributed by atoms with E-state index in [0.29, 0.717) is 22.7 Å². The molecule has 4 rings (SSSR count). The van der Waals surface area contributed by atoms with Gasteiger partial charge in [0.2, 0.25) is 5.91 Å². The summed E-state index contributed by atoms with van der Waals surface area (Å²) in [5.41, 5.74) is 0.327. The molecule has 0 fully saturated rings. The Morgan fingerprint density at radius 2 is 2.13 bits per heavy atom.